The van der Waals surface area contributed by atoms with E-state index in [9.17, 15) is 0 Å². The van der Waals surface area contributed by atoms with Crippen molar-refractivity contribution in [2.75, 3.05) is 0 Å². The highest BCUT2D eigenvalue weighted by atomic mass is 14.0. The van der Waals surface area contributed by atoms with E-state index >= 15 is 0 Å². The average molecular weight is 349 g/mol. The molecule has 0 bridgehead atoms. The van der Waals surface area contributed by atoms with Gasteiger partial charge >= 0.3 is 0 Å². The number of hydrogen-bond donors (Lipinski definition) is 0. The van der Waals surface area contributed by atoms with Crippen LogP contribution in [0.3, 0.4) is 0 Å². The fourth-order valence-corrected chi connectivity index (χ4v) is 2.06. The van der Waals surface area contributed by atoms with Gasteiger partial charge in [-0.05, 0) is 44.4 Å². The molecular weight excluding hydrogens is 300 g/mol. The monoisotopic (exact) mass is 348 g/mol. The topological polar surface area (TPSA) is 0 Å². The Balaban J connectivity index is -0.000000306. The Kier molecular flexibility index (Phi) is 35.4. The first-order valence-corrected chi connectivity index (χ1v) is 10.6. The van der Waals surface area contributed by atoms with Gasteiger partial charge in [0.25, 0.3) is 0 Å². The van der Waals surface area contributed by atoms with E-state index in [4.69, 9.17) is 0 Å². The summed E-state index contributed by atoms with van der Waals surface area (Å²) in [5.41, 5.74) is 0. The normalized spacial score (nSPS) is 10.9. The summed E-state index contributed by atoms with van der Waals surface area (Å²) in [7, 11) is 0. The highest BCUT2D eigenvalue weighted by molar-refractivity contribution is 4.84. The molecule has 0 saturated carbocycles. The molecule has 0 nitrogen and oxygen atoms in total. The predicted octanol–water partition coefficient (Wildman–Crippen LogP) is 9.45. The third-order valence-electron chi connectivity index (χ3n) is 3.75. The van der Waals surface area contributed by atoms with Gasteiger partial charge in [0.05, 0.1) is 0 Å². The second-order valence-electron chi connectivity index (χ2n) is 6.69. The summed E-state index contributed by atoms with van der Waals surface area (Å²) >= 11 is 0. The lowest BCUT2D eigenvalue weighted by molar-refractivity contribution is 0.602. The maximum Gasteiger partial charge on any atom is -0.0322 e. The van der Waals surface area contributed by atoms with E-state index in [1.54, 1.807) is 0 Å². The van der Waals surface area contributed by atoms with Gasteiger partial charge in [0.2, 0.25) is 0 Å². The lowest BCUT2D eigenvalue weighted by atomic mass is 10.0. The molecule has 25 heavy (non-hydrogen) atoms. The lowest BCUT2D eigenvalue weighted by Crippen LogP contribution is -1.88. The molecule has 0 radical (unpaired) electrons. The Morgan fingerprint density at radius 3 is 1.64 bits per heavy atom. The minimum atomic E-state index is 0.764. The molecule has 0 heterocycles. The van der Waals surface area contributed by atoms with Crippen LogP contribution < -0.4 is 0 Å². The van der Waals surface area contributed by atoms with Crippen LogP contribution in [-0.2, 0) is 0 Å². The first-order chi connectivity index (χ1) is 12.1. The smallest absolute Gasteiger partial charge is 0.0322 e. The minimum Gasteiger partial charge on any atom is -0.103 e. The van der Waals surface area contributed by atoms with Crippen LogP contribution in [0, 0.1) is 5.92 Å². The Bertz CT molecular complexity index is 272. The van der Waals surface area contributed by atoms with Crippen molar-refractivity contribution < 1.29 is 0 Å². The van der Waals surface area contributed by atoms with Crippen molar-refractivity contribution in [3.8, 4) is 0 Å². The summed E-state index contributed by atoms with van der Waals surface area (Å²) in [6.07, 6.45) is 25.7. The zero-order chi connectivity index (χ0) is 19.6. The van der Waals surface area contributed by atoms with E-state index in [2.05, 4.69) is 59.6 Å². The summed E-state index contributed by atoms with van der Waals surface area (Å²) in [6, 6.07) is 0. The van der Waals surface area contributed by atoms with Crippen molar-refractivity contribution in [1.82, 2.24) is 0 Å². The van der Waals surface area contributed by atoms with E-state index in [-0.39, 0.29) is 0 Å². The molecule has 0 spiro atoms. The fourth-order valence-electron chi connectivity index (χ4n) is 2.06. The van der Waals surface area contributed by atoms with Gasteiger partial charge in [-0.25, -0.2) is 0 Å². The van der Waals surface area contributed by atoms with Gasteiger partial charge in [0, 0.05) is 0 Å². The van der Waals surface area contributed by atoms with Gasteiger partial charge in [-0.1, -0.05) is 96.6 Å². The Morgan fingerprint density at radius 2 is 1.20 bits per heavy atom. The number of allylic oxidation sites excluding steroid dienone is 5. The summed E-state index contributed by atoms with van der Waals surface area (Å²) in [5, 5.41) is 0. The zero-order valence-corrected chi connectivity index (χ0v) is 18.1. The molecule has 0 aliphatic rings. The standard InChI is InChI=1S/C11H20.C8H16.C6H12/c1-4-6-7-8-10-11(3)9-5-2;1-3-5-7-8-6-4-2;1-3-5-6-4-2/h5,7-8,11H,2,4,6,9-10H2,1,3H3;3H,1,4-8H2,2H3;3H,1,4-6H2,2H3. The largest absolute Gasteiger partial charge is 0.103 e. The maximum atomic E-state index is 3.72. The maximum absolute atomic E-state index is 3.72. The Hall–Kier alpha value is -1.04. The van der Waals surface area contributed by atoms with Gasteiger partial charge in [0.15, 0.2) is 0 Å². The molecule has 0 aliphatic carbocycles. The second-order valence-corrected chi connectivity index (χ2v) is 6.69. The molecular formula is C25H48. The first kappa shape index (κ1) is 28.8. The number of hydrogen-bond acceptors (Lipinski definition) is 0. The molecule has 0 N–H and O–H groups in total. The van der Waals surface area contributed by atoms with Gasteiger partial charge in [0.1, 0.15) is 0 Å². The molecule has 0 saturated heterocycles. The molecule has 0 aromatic carbocycles. The average Bonchev–Trinajstić information content (AvgIpc) is 2.62. The molecule has 0 heteroatoms. The van der Waals surface area contributed by atoms with Crippen molar-refractivity contribution in [2.45, 2.75) is 105 Å². The van der Waals surface area contributed by atoms with Gasteiger partial charge in [-0.15, -0.1) is 19.7 Å². The second kappa shape index (κ2) is 30.8. The minimum absolute atomic E-state index is 0.764. The van der Waals surface area contributed by atoms with Crippen LogP contribution in [0.15, 0.2) is 50.1 Å². The first-order valence-electron chi connectivity index (χ1n) is 10.6. The molecule has 0 fully saturated rings. The molecule has 0 aromatic heterocycles. The molecule has 0 amide bonds. The van der Waals surface area contributed by atoms with E-state index in [1.165, 1.54) is 70.6 Å². The molecule has 0 rings (SSSR count). The summed E-state index contributed by atoms with van der Waals surface area (Å²) in [4.78, 5) is 0. The van der Waals surface area contributed by atoms with E-state index in [0.29, 0.717) is 0 Å². The van der Waals surface area contributed by atoms with Crippen LogP contribution in [0.25, 0.3) is 0 Å². The van der Waals surface area contributed by atoms with Crippen LogP contribution in [0.4, 0.5) is 0 Å². The van der Waals surface area contributed by atoms with Crippen molar-refractivity contribution in [2.24, 2.45) is 5.92 Å². The highest BCUT2D eigenvalue weighted by Gasteiger charge is 1.93. The third kappa shape index (κ3) is 39.6. The van der Waals surface area contributed by atoms with Gasteiger partial charge in [-0.3, -0.25) is 0 Å². The van der Waals surface area contributed by atoms with E-state index in [1.807, 2.05) is 18.2 Å². The Morgan fingerprint density at radius 1 is 0.600 bits per heavy atom. The van der Waals surface area contributed by atoms with E-state index < -0.39 is 0 Å². The third-order valence-corrected chi connectivity index (χ3v) is 3.75. The lowest BCUT2D eigenvalue weighted by Gasteiger charge is -2.02. The molecule has 0 aromatic rings. The summed E-state index contributed by atoms with van der Waals surface area (Å²) < 4.78 is 0. The summed E-state index contributed by atoms with van der Waals surface area (Å²) in [5.74, 6) is 0.764. The van der Waals surface area contributed by atoms with Crippen molar-refractivity contribution in [3.05, 3.63) is 50.1 Å². The SMILES string of the molecule is C=CCC(C)CC=CCCC.C=CCCCC.C=CCCCCCC. The van der Waals surface area contributed by atoms with Crippen LogP contribution >= 0.6 is 0 Å². The van der Waals surface area contributed by atoms with Crippen molar-refractivity contribution >= 4 is 0 Å². The van der Waals surface area contributed by atoms with Crippen LogP contribution in [0.2, 0.25) is 0 Å². The molecule has 1 atom stereocenters. The van der Waals surface area contributed by atoms with Gasteiger partial charge < -0.3 is 0 Å². The molecule has 148 valence electrons. The number of rotatable bonds is 14. The Labute approximate surface area is 161 Å². The van der Waals surface area contributed by atoms with E-state index in [0.717, 1.165) is 12.3 Å². The molecule has 1 unspecified atom stereocenters. The predicted molar refractivity (Wildman–Crippen MR) is 121 cm³/mol. The quantitative estimate of drug-likeness (QED) is 0.216. The van der Waals surface area contributed by atoms with Crippen molar-refractivity contribution in [3.63, 3.8) is 0 Å². The van der Waals surface area contributed by atoms with Crippen molar-refractivity contribution in [1.29, 1.82) is 0 Å². The number of unbranched alkanes of at least 4 members (excludes halogenated alkanes) is 7. The molecule has 0 aliphatic heterocycles. The highest BCUT2D eigenvalue weighted by Crippen LogP contribution is 2.08. The van der Waals surface area contributed by atoms with Crippen LogP contribution in [-0.4, -0.2) is 0 Å². The zero-order valence-electron chi connectivity index (χ0n) is 18.1. The fraction of sp³-hybridized carbons (Fsp3) is 0.680. The van der Waals surface area contributed by atoms with Gasteiger partial charge in [-0.2, -0.15) is 0 Å². The van der Waals surface area contributed by atoms with Crippen LogP contribution in [0.5, 0.6) is 0 Å². The summed E-state index contributed by atoms with van der Waals surface area (Å²) in [6.45, 7) is 19.9. The van der Waals surface area contributed by atoms with Crippen LogP contribution in [0.1, 0.15) is 105 Å².